The molecule has 0 aromatic carbocycles. The van der Waals surface area contributed by atoms with Gasteiger partial charge in [0.2, 0.25) is 0 Å². The van der Waals surface area contributed by atoms with Crippen LogP contribution in [0, 0.1) is 5.92 Å². The number of allylic oxidation sites excluding steroid dienone is 8. The van der Waals surface area contributed by atoms with E-state index in [1.54, 1.807) is 0 Å². The maximum atomic E-state index is 10.4. The van der Waals surface area contributed by atoms with Crippen LogP contribution in [0.3, 0.4) is 0 Å². The van der Waals surface area contributed by atoms with Crippen molar-refractivity contribution in [2.24, 2.45) is 5.92 Å². The van der Waals surface area contributed by atoms with Crippen LogP contribution in [0.25, 0.3) is 0 Å². The Morgan fingerprint density at radius 2 is 2.43 bits per heavy atom. The monoisotopic (exact) mass is 186 g/mol. The van der Waals surface area contributed by atoms with Gasteiger partial charge in [0.05, 0.1) is 0 Å². The van der Waals surface area contributed by atoms with E-state index in [4.69, 9.17) is 0 Å². The van der Waals surface area contributed by atoms with Gasteiger partial charge in [0.15, 0.2) is 0 Å². The zero-order valence-corrected chi connectivity index (χ0v) is 8.15. The van der Waals surface area contributed by atoms with Gasteiger partial charge in [-0.2, -0.15) is 0 Å². The molecule has 0 aromatic rings. The number of carbonyl (C=O) groups is 1. The van der Waals surface area contributed by atoms with Gasteiger partial charge in [-0.25, -0.2) is 0 Å². The smallest absolute Gasteiger partial charge is 0.120 e. The fraction of sp³-hybridized carbons (Fsp3) is 0.308. The molecule has 1 nitrogen and oxygen atoms in total. The number of hydrogen-bond donors (Lipinski definition) is 0. The van der Waals surface area contributed by atoms with Crippen LogP contribution in [0.15, 0.2) is 47.6 Å². The zero-order chi connectivity index (χ0) is 9.80. The van der Waals surface area contributed by atoms with Crippen molar-refractivity contribution in [3.8, 4) is 0 Å². The van der Waals surface area contributed by atoms with E-state index in [2.05, 4.69) is 36.5 Å². The summed E-state index contributed by atoms with van der Waals surface area (Å²) in [6.07, 6.45) is 16.6. The van der Waals surface area contributed by atoms with Crippen molar-refractivity contribution in [2.45, 2.75) is 19.3 Å². The molecule has 0 spiro atoms. The minimum atomic E-state index is 0.405. The Balaban J connectivity index is 2.21. The van der Waals surface area contributed by atoms with Crippen LogP contribution in [-0.2, 0) is 4.79 Å². The molecule has 0 bridgehead atoms. The number of carbonyl (C=O) groups excluding carboxylic acids is 1. The Morgan fingerprint density at radius 1 is 1.50 bits per heavy atom. The van der Waals surface area contributed by atoms with Crippen molar-refractivity contribution in [1.82, 2.24) is 0 Å². The highest BCUT2D eigenvalue weighted by atomic mass is 16.1. The SMILES string of the molecule is O=CCC1C=CC2=CCC=CC=C2C1. The van der Waals surface area contributed by atoms with Crippen LogP contribution in [0.2, 0.25) is 0 Å². The van der Waals surface area contributed by atoms with Crippen molar-refractivity contribution in [3.05, 3.63) is 47.6 Å². The normalized spacial score (nSPS) is 24.7. The molecule has 0 amide bonds. The summed E-state index contributed by atoms with van der Waals surface area (Å²) in [7, 11) is 0. The fourth-order valence-corrected chi connectivity index (χ4v) is 1.92. The third-order valence-corrected chi connectivity index (χ3v) is 2.71. The molecule has 0 aliphatic heterocycles. The molecular weight excluding hydrogens is 172 g/mol. The Hall–Kier alpha value is -1.37. The van der Waals surface area contributed by atoms with Crippen LogP contribution in [-0.4, -0.2) is 6.29 Å². The summed E-state index contributed by atoms with van der Waals surface area (Å²) in [5, 5.41) is 0. The molecule has 2 rings (SSSR count). The lowest BCUT2D eigenvalue weighted by Crippen LogP contribution is -2.05. The number of rotatable bonds is 2. The zero-order valence-electron chi connectivity index (χ0n) is 8.15. The van der Waals surface area contributed by atoms with Gasteiger partial charge in [0.25, 0.3) is 0 Å². The van der Waals surface area contributed by atoms with Crippen molar-refractivity contribution in [3.63, 3.8) is 0 Å². The van der Waals surface area contributed by atoms with Gasteiger partial charge in [-0.05, 0) is 29.9 Å². The van der Waals surface area contributed by atoms with Crippen LogP contribution in [0.1, 0.15) is 19.3 Å². The second-order valence-corrected chi connectivity index (χ2v) is 3.74. The maximum absolute atomic E-state index is 10.4. The van der Waals surface area contributed by atoms with E-state index >= 15 is 0 Å². The lowest BCUT2D eigenvalue weighted by molar-refractivity contribution is -0.108. The Labute approximate surface area is 84.5 Å². The maximum Gasteiger partial charge on any atom is 0.120 e. The predicted molar refractivity (Wildman–Crippen MR) is 57.9 cm³/mol. The van der Waals surface area contributed by atoms with Gasteiger partial charge in [-0.1, -0.05) is 36.5 Å². The molecule has 14 heavy (non-hydrogen) atoms. The van der Waals surface area contributed by atoms with Crippen LogP contribution in [0.4, 0.5) is 0 Å². The molecule has 0 aromatic heterocycles. The minimum absolute atomic E-state index is 0.405. The first kappa shape index (κ1) is 9.20. The quantitative estimate of drug-likeness (QED) is 0.606. The molecule has 2 aliphatic rings. The first-order valence-electron chi connectivity index (χ1n) is 5.08. The van der Waals surface area contributed by atoms with Gasteiger partial charge >= 0.3 is 0 Å². The lowest BCUT2D eigenvalue weighted by atomic mass is 9.86. The molecule has 0 heterocycles. The van der Waals surface area contributed by atoms with Gasteiger partial charge in [0.1, 0.15) is 6.29 Å². The molecule has 1 heteroatoms. The van der Waals surface area contributed by atoms with Crippen LogP contribution in [0.5, 0.6) is 0 Å². The summed E-state index contributed by atoms with van der Waals surface area (Å²) in [5.74, 6) is 0.405. The van der Waals surface area contributed by atoms with Crippen molar-refractivity contribution < 1.29 is 4.79 Å². The molecule has 0 radical (unpaired) electrons. The van der Waals surface area contributed by atoms with E-state index in [-0.39, 0.29) is 0 Å². The minimum Gasteiger partial charge on any atom is -0.303 e. The third-order valence-electron chi connectivity index (χ3n) is 2.71. The molecule has 0 N–H and O–H groups in total. The third kappa shape index (κ3) is 1.92. The number of aldehydes is 1. The van der Waals surface area contributed by atoms with Gasteiger partial charge < -0.3 is 4.79 Å². The van der Waals surface area contributed by atoms with E-state index in [9.17, 15) is 4.79 Å². The first-order chi connectivity index (χ1) is 6.90. The Bertz CT molecular complexity index is 342. The van der Waals surface area contributed by atoms with Gasteiger partial charge in [-0.3, -0.25) is 0 Å². The highest BCUT2D eigenvalue weighted by molar-refractivity contribution is 5.53. The van der Waals surface area contributed by atoms with Crippen molar-refractivity contribution >= 4 is 6.29 Å². The Morgan fingerprint density at radius 3 is 3.29 bits per heavy atom. The van der Waals surface area contributed by atoms with Crippen molar-refractivity contribution in [2.75, 3.05) is 0 Å². The molecule has 1 atom stereocenters. The standard InChI is InChI=1S/C13H14O/c14-9-8-11-6-7-12-4-2-1-3-5-13(12)10-11/h1,3-7,9,11H,2,8,10H2. The highest BCUT2D eigenvalue weighted by Gasteiger charge is 2.15. The summed E-state index contributed by atoms with van der Waals surface area (Å²) in [4.78, 5) is 10.4. The number of hydrogen-bond acceptors (Lipinski definition) is 1. The molecule has 0 saturated carbocycles. The molecule has 2 aliphatic carbocycles. The van der Waals surface area contributed by atoms with E-state index in [0.29, 0.717) is 12.3 Å². The second kappa shape index (κ2) is 4.23. The number of fused-ring (bicyclic) bond motifs is 1. The summed E-state index contributed by atoms with van der Waals surface area (Å²) < 4.78 is 0. The Kier molecular flexibility index (Phi) is 2.78. The van der Waals surface area contributed by atoms with E-state index < -0.39 is 0 Å². The van der Waals surface area contributed by atoms with Crippen LogP contribution >= 0.6 is 0 Å². The summed E-state index contributed by atoms with van der Waals surface area (Å²) in [5.41, 5.74) is 2.70. The summed E-state index contributed by atoms with van der Waals surface area (Å²) >= 11 is 0. The fourth-order valence-electron chi connectivity index (χ4n) is 1.92. The first-order valence-corrected chi connectivity index (χ1v) is 5.08. The average molecular weight is 186 g/mol. The summed E-state index contributed by atoms with van der Waals surface area (Å²) in [6.45, 7) is 0. The van der Waals surface area contributed by atoms with Crippen molar-refractivity contribution in [1.29, 1.82) is 0 Å². The molecule has 0 saturated heterocycles. The predicted octanol–water partition coefficient (Wildman–Crippen LogP) is 2.96. The van der Waals surface area contributed by atoms with Crippen LogP contribution < -0.4 is 0 Å². The topological polar surface area (TPSA) is 17.1 Å². The second-order valence-electron chi connectivity index (χ2n) is 3.74. The largest absolute Gasteiger partial charge is 0.303 e. The summed E-state index contributed by atoms with van der Waals surface area (Å²) in [6, 6.07) is 0. The van der Waals surface area contributed by atoms with E-state index in [1.807, 2.05) is 0 Å². The lowest BCUT2D eigenvalue weighted by Gasteiger charge is -2.18. The molecule has 1 unspecified atom stereocenters. The average Bonchev–Trinajstić information content (AvgIpc) is 2.42. The van der Waals surface area contributed by atoms with Gasteiger partial charge in [0, 0.05) is 6.42 Å². The molecule has 0 fully saturated rings. The molecule has 72 valence electrons. The molecular formula is C13H14O. The van der Waals surface area contributed by atoms with E-state index in [1.165, 1.54) is 11.1 Å². The van der Waals surface area contributed by atoms with E-state index in [0.717, 1.165) is 19.1 Å². The highest BCUT2D eigenvalue weighted by Crippen LogP contribution is 2.30. The van der Waals surface area contributed by atoms with Gasteiger partial charge in [-0.15, -0.1) is 0 Å².